The zero-order chi connectivity index (χ0) is 10.8. The fourth-order valence-corrected chi connectivity index (χ4v) is 1.31. The molecule has 0 aliphatic rings. The van der Waals surface area contributed by atoms with Crippen LogP contribution in [0, 0.1) is 0 Å². The number of nitrogens with zero attached hydrogens (tertiary/aromatic N) is 1. The lowest BCUT2D eigenvalue weighted by Gasteiger charge is -2.10. The van der Waals surface area contributed by atoms with Crippen molar-refractivity contribution in [3.8, 4) is 0 Å². The lowest BCUT2D eigenvalue weighted by molar-refractivity contribution is -0.137. The fraction of sp³-hybridized carbons (Fsp3) is 0.375. The molecule has 1 aromatic rings. The van der Waals surface area contributed by atoms with Crippen LogP contribution in [0.25, 0.3) is 0 Å². The van der Waals surface area contributed by atoms with Gasteiger partial charge >= 0.3 is 6.18 Å². The van der Waals surface area contributed by atoms with Crippen molar-refractivity contribution in [1.82, 2.24) is 4.98 Å². The summed E-state index contributed by atoms with van der Waals surface area (Å²) in [6.45, 7) is 0.239. The van der Waals surface area contributed by atoms with Crippen LogP contribution in [0.5, 0.6) is 0 Å². The Morgan fingerprint density at radius 2 is 2.00 bits per heavy atom. The highest BCUT2D eigenvalue weighted by Gasteiger charge is 2.34. The third-order valence-electron chi connectivity index (χ3n) is 1.67. The quantitative estimate of drug-likeness (QED) is 0.837. The highest BCUT2D eigenvalue weighted by Crippen LogP contribution is 2.35. The predicted octanol–water partition coefficient (Wildman–Crippen LogP) is 2.25. The van der Waals surface area contributed by atoms with Gasteiger partial charge in [0.2, 0.25) is 0 Å². The van der Waals surface area contributed by atoms with Crippen molar-refractivity contribution in [3.63, 3.8) is 0 Å². The number of alkyl halides is 3. The van der Waals surface area contributed by atoms with E-state index in [9.17, 15) is 13.2 Å². The van der Waals surface area contributed by atoms with Gasteiger partial charge in [0.25, 0.3) is 0 Å². The second kappa shape index (κ2) is 4.14. The molecule has 0 radical (unpaired) electrons. The summed E-state index contributed by atoms with van der Waals surface area (Å²) in [6.07, 6.45) is -2.17. The number of hydrogen-bond acceptors (Lipinski definition) is 2. The van der Waals surface area contributed by atoms with Gasteiger partial charge in [0.1, 0.15) is 0 Å². The Hall–Kier alpha value is -0.810. The molecular formula is C8H8ClF3N2. The van der Waals surface area contributed by atoms with E-state index in [1.807, 2.05) is 0 Å². The van der Waals surface area contributed by atoms with Crippen LogP contribution < -0.4 is 5.73 Å². The van der Waals surface area contributed by atoms with Crippen LogP contribution in [-0.2, 0) is 12.6 Å². The second-order valence-corrected chi connectivity index (χ2v) is 3.07. The van der Waals surface area contributed by atoms with E-state index in [0.29, 0.717) is 11.8 Å². The van der Waals surface area contributed by atoms with Crippen molar-refractivity contribution in [3.05, 3.63) is 28.5 Å². The number of nitrogens with two attached hydrogens (primary N) is 1. The van der Waals surface area contributed by atoms with Gasteiger partial charge in [0.05, 0.1) is 10.6 Å². The normalized spacial score (nSPS) is 11.8. The van der Waals surface area contributed by atoms with Crippen molar-refractivity contribution in [2.45, 2.75) is 12.6 Å². The molecule has 14 heavy (non-hydrogen) atoms. The number of pyridine rings is 1. The number of rotatable bonds is 2. The third kappa shape index (κ3) is 2.36. The highest BCUT2D eigenvalue weighted by atomic mass is 35.5. The minimum Gasteiger partial charge on any atom is -0.330 e. The molecule has 2 N–H and O–H groups in total. The molecule has 0 fully saturated rings. The molecule has 0 bridgehead atoms. The summed E-state index contributed by atoms with van der Waals surface area (Å²) in [5.41, 5.74) is 4.63. The molecule has 0 saturated carbocycles. The van der Waals surface area contributed by atoms with Gasteiger partial charge < -0.3 is 5.73 Å². The smallest absolute Gasteiger partial charge is 0.330 e. The van der Waals surface area contributed by atoms with Gasteiger partial charge in [-0.1, -0.05) is 11.6 Å². The van der Waals surface area contributed by atoms with Crippen LogP contribution in [0.1, 0.15) is 11.1 Å². The Morgan fingerprint density at radius 3 is 2.50 bits per heavy atom. The van der Waals surface area contributed by atoms with Gasteiger partial charge in [-0.05, 0) is 18.5 Å². The van der Waals surface area contributed by atoms with E-state index in [1.165, 1.54) is 6.20 Å². The van der Waals surface area contributed by atoms with Crippen LogP contribution in [0.15, 0.2) is 12.4 Å². The number of aromatic nitrogens is 1. The van der Waals surface area contributed by atoms with Crippen molar-refractivity contribution in [2.24, 2.45) is 5.73 Å². The summed E-state index contributed by atoms with van der Waals surface area (Å²) >= 11 is 5.56. The van der Waals surface area contributed by atoms with Crippen molar-refractivity contribution >= 4 is 11.6 Å². The summed E-state index contributed by atoms with van der Waals surface area (Å²) in [4.78, 5) is 3.47. The Balaban J connectivity index is 3.14. The Morgan fingerprint density at radius 1 is 1.36 bits per heavy atom. The maximum absolute atomic E-state index is 12.3. The molecule has 1 rings (SSSR count). The molecule has 2 nitrogen and oxygen atoms in total. The Bertz CT molecular complexity index is 325. The lowest BCUT2D eigenvalue weighted by atomic mass is 10.1. The molecule has 1 aromatic heterocycles. The first-order valence-electron chi connectivity index (χ1n) is 3.86. The van der Waals surface area contributed by atoms with E-state index in [2.05, 4.69) is 4.98 Å². The van der Waals surface area contributed by atoms with E-state index in [0.717, 1.165) is 0 Å². The Kier molecular flexibility index (Phi) is 3.34. The van der Waals surface area contributed by atoms with Crippen LogP contribution in [-0.4, -0.2) is 11.5 Å². The molecule has 0 aromatic carbocycles. The van der Waals surface area contributed by atoms with Crippen molar-refractivity contribution < 1.29 is 13.2 Å². The lowest BCUT2D eigenvalue weighted by Crippen LogP contribution is -2.10. The van der Waals surface area contributed by atoms with Crippen molar-refractivity contribution in [2.75, 3.05) is 6.54 Å². The molecule has 0 atom stereocenters. The largest absolute Gasteiger partial charge is 0.419 e. The van der Waals surface area contributed by atoms with Gasteiger partial charge in [0, 0.05) is 12.4 Å². The monoisotopic (exact) mass is 224 g/mol. The van der Waals surface area contributed by atoms with E-state index in [-0.39, 0.29) is 18.0 Å². The molecule has 0 amide bonds. The maximum Gasteiger partial charge on any atom is 0.419 e. The van der Waals surface area contributed by atoms with Gasteiger partial charge in [0.15, 0.2) is 0 Å². The minimum atomic E-state index is -4.46. The molecule has 1 heterocycles. The van der Waals surface area contributed by atoms with E-state index in [4.69, 9.17) is 17.3 Å². The number of halogens is 4. The van der Waals surface area contributed by atoms with Crippen molar-refractivity contribution in [1.29, 1.82) is 0 Å². The predicted molar refractivity (Wildman–Crippen MR) is 47.0 cm³/mol. The molecule has 6 heteroatoms. The zero-order valence-electron chi connectivity index (χ0n) is 7.11. The van der Waals surface area contributed by atoms with Gasteiger partial charge in [-0.25, -0.2) is 0 Å². The standard InChI is InChI=1S/C8H8ClF3N2/c9-7-5(1-2-13)3-14-4-6(7)8(10,11)12/h3-4H,1-2,13H2. The van der Waals surface area contributed by atoms with E-state index < -0.39 is 11.7 Å². The van der Waals surface area contributed by atoms with Crippen LogP contribution in [0.2, 0.25) is 5.02 Å². The minimum absolute atomic E-state index is 0.239. The highest BCUT2D eigenvalue weighted by molar-refractivity contribution is 6.32. The second-order valence-electron chi connectivity index (χ2n) is 2.70. The summed E-state index contributed by atoms with van der Waals surface area (Å²) in [5.74, 6) is 0. The van der Waals surface area contributed by atoms with Crippen LogP contribution in [0.3, 0.4) is 0 Å². The SMILES string of the molecule is NCCc1cncc(C(F)(F)F)c1Cl. The molecular weight excluding hydrogens is 217 g/mol. The molecule has 0 aliphatic heterocycles. The van der Waals surface area contributed by atoms with E-state index in [1.54, 1.807) is 0 Å². The fourth-order valence-electron chi connectivity index (χ4n) is 1.02. The first-order valence-corrected chi connectivity index (χ1v) is 4.24. The molecule has 0 spiro atoms. The molecule has 0 unspecified atom stereocenters. The Labute approximate surface area is 83.9 Å². The molecule has 0 aliphatic carbocycles. The summed E-state index contributed by atoms with van der Waals surface area (Å²) in [7, 11) is 0. The molecule has 0 saturated heterocycles. The summed E-state index contributed by atoms with van der Waals surface area (Å²) < 4.78 is 36.9. The van der Waals surface area contributed by atoms with Crippen LogP contribution >= 0.6 is 11.6 Å². The third-order valence-corrected chi connectivity index (χ3v) is 2.12. The van der Waals surface area contributed by atoms with Crippen LogP contribution in [0.4, 0.5) is 13.2 Å². The molecule has 78 valence electrons. The van der Waals surface area contributed by atoms with Gasteiger partial charge in [-0.15, -0.1) is 0 Å². The number of hydrogen-bond donors (Lipinski definition) is 1. The average Bonchev–Trinajstić information content (AvgIpc) is 2.07. The van der Waals surface area contributed by atoms with E-state index >= 15 is 0 Å². The first-order chi connectivity index (χ1) is 6.46. The van der Waals surface area contributed by atoms with Gasteiger partial charge in [-0.2, -0.15) is 13.2 Å². The van der Waals surface area contributed by atoms with Gasteiger partial charge in [-0.3, -0.25) is 4.98 Å². The first kappa shape index (κ1) is 11.3. The maximum atomic E-state index is 12.3. The average molecular weight is 225 g/mol. The summed E-state index contributed by atoms with van der Waals surface area (Å²) in [6, 6.07) is 0. The zero-order valence-corrected chi connectivity index (χ0v) is 7.86. The summed E-state index contributed by atoms with van der Waals surface area (Å²) in [5, 5.41) is -0.307. The topological polar surface area (TPSA) is 38.9 Å².